The van der Waals surface area contributed by atoms with E-state index in [1.54, 1.807) is 0 Å². The van der Waals surface area contributed by atoms with Crippen molar-refractivity contribution in [3.8, 4) is 0 Å². The van der Waals surface area contributed by atoms with E-state index in [1.165, 1.54) is 24.0 Å². The van der Waals surface area contributed by atoms with Crippen LogP contribution < -0.4 is 10.2 Å². The van der Waals surface area contributed by atoms with E-state index in [0.717, 1.165) is 36.9 Å². The Morgan fingerprint density at radius 2 is 2.29 bits per heavy atom. The summed E-state index contributed by atoms with van der Waals surface area (Å²) in [6.07, 6.45) is 6.61. The Hall–Kier alpha value is -1.77. The van der Waals surface area contributed by atoms with Gasteiger partial charge in [-0.05, 0) is 56.0 Å². The highest BCUT2D eigenvalue weighted by Crippen LogP contribution is 2.21. The van der Waals surface area contributed by atoms with Crippen LogP contribution in [0.15, 0.2) is 42.3 Å². The van der Waals surface area contributed by atoms with Gasteiger partial charge >= 0.3 is 0 Å². The van der Waals surface area contributed by atoms with Crippen LogP contribution in [0.2, 0.25) is 0 Å². The average Bonchev–Trinajstić information content (AvgIpc) is 2.47. The Labute approximate surface area is 128 Å². The highest BCUT2D eigenvalue weighted by atomic mass is 15.2. The van der Waals surface area contributed by atoms with Gasteiger partial charge in [-0.3, -0.25) is 0 Å². The van der Waals surface area contributed by atoms with Crippen molar-refractivity contribution in [2.24, 2.45) is 5.92 Å². The number of rotatable bonds is 5. The summed E-state index contributed by atoms with van der Waals surface area (Å²) in [5.41, 5.74) is 3.48. The largest absolute Gasteiger partial charge is 0.387 e. The molecule has 0 saturated carbocycles. The molecular formula is C18H27N3. The van der Waals surface area contributed by atoms with E-state index in [9.17, 15) is 0 Å². The van der Waals surface area contributed by atoms with Crippen molar-refractivity contribution < 1.29 is 0 Å². The zero-order chi connectivity index (χ0) is 15.2. The molecule has 0 bridgehead atoms. The monoisotopic (exact) mass is 285 g/mol. The molecule has 0 aliphatic carbocycles. The number of aromatic nitrogens is 1. The molecule has 21 heavy (non-hydrogen) atoms. The first-order valence-electron chi connectivity index (χ1n) is 7.82. The van der Waals surface area contributed by atoms with Crippen molar-refractivity contribution in [1.29, 1.82) is 0 Å². The molecule has 114 valence electrons. The van der Waals surface area contributed by atoms with E-state index < -0.39 is 0 Å². The van der Waals surface area contributed by atoms with Crippen LogP contribution in [0.1, 0.15) is 39.2 Å². The molecule has 1 aromatic heterocycles. The fourth-order valence-electron chi connectivity index (χ4n) is 2.55. The van der Waals surface area contributed by atoms with Crippen LogP contribution in [0.25, 0.3) is 0 Å². The van der Waals surface area contributed by atoms with Gasteiger partial charge in [-0.15, -0.1) is 0 Å². The predicted molar refractivity (Wildman–Crippen MR) is 90.3 cm³/mol. The molecule has 0 amide bonds. The third kappa shape index (κ3) is 4.62. The zero-order valence-electron chi connectivity index (χ0n) is 13.5. The van der Waals surface area contributed by atoms with Crippen LogP contribution in [0.3, 0.4) is 0 Å². The molecule has 0 radical (unpaired) electrons. The first-order valence-corrected chi connectivity index (χ1v) is 7.82. The molecule has 1 fully saturated rings. The lowest BCUT2D eigenvalue weighted by atomic mass is 10.0. The van der Waals surface area contributed by atoms with Crippen molar-refractivity contribution in [1.82, 2.24) is 10.3 Å². The summed E-state index contributed by atoms with van der Waals surface area (Å²) in [6.45, 7) is 13.4. The van der Waals surface area contributed by atoms with Crippen molar-refractivity contribution in [3.63, 3.8) is 0 Å². The lowest BCUT2D eigenvalue weighted by Crippen LogP contribution is -2.34. The van der Waals surface area contributed by atoms with E-state index >= 15 is 0 Å². The van der Waals surface area contributed by atoms with Crippen molar-refractivity contribution in [2.75, 3.05) is 18.0 Å². The number of nitrogens with zero attached hydrogens (tertiary/aromatic N) is 2. The number of allylic oxidation sites excluding steroid dienone is 2. The Kier molecular flexibility index (Phi) is 5.43. The number of hydrogen-bond donors (Lipinski definition) is 1. The molecule has 1 atom stereocenters. The highest BCUT2D eigenvalue weighted by Gasteiger charge is 2.17. The molecule has 0 spiro atoms. The maximum atomic E-state index is 4.62. The van der Waals surface area contributed by atoms with Gasteiger partial charge < -0.3 is 10.2 Å². The van der Waals surface area contributed by atoms with Crippen LogP contribution in [-0.2, 0) is 6.54 Å². The van der Waals surface area contributed by atoms with E-state index in [-0.39, 0.29) is 0 Å². The first kappa shape index (κ1) is 15.6. The molecule has 1 aliphatic heterocycles. The van der Waals surface area contributed by atoms with Gasteiger partial charge in [0, 0.05) is 25.8 Å². The maximum Gasteiger partial charge on any atom is 0.128 e. The van der Waals surface area contributed by atoms with E-state index in [2.05, 4.69) is 47.8 Å². The SMILES string of the molecule is C=C(C)/C(C)=C/NCc1ccc(N2CCCC(C)C2)nc1. The smallest absolute Gasteiger partial charge is 0.128 e. The molecular weight excluding hydrogens is 258 g/mol. The van der Waals surface area contributed by atoms with Crippen molar-refractivity contribution in [3.05, 3.63) is 47.8 Å². The minimum atomic E-state index is 0.775. The first-order chi connectivity index (χ1) is 10.1. The van der Waals surface area contributed by atoms with Crippen LogP contribution in [0, 0.1) is 5.92 Å². The second-order valence-corrected chi connectivity index (χ2v) is 6.21. The zero-order valence-corrected chi connectivity index (χ0v) is 13.5. The van der Waals surface area contributed by atoms with Crippen LogP contribution in [-0.4, -0.2) is 18.1 Å². The number of hydrogen-bond acceptors (Lipinski definition) is 3. The summed E-state index contributed by atoms with van der Waals surface area (Å²) in [5.74, 6) is 1.89. The summed E-state index contributed by atoms with van der Waals surface area (Å²) < 4.78 is 0. The fourth-order valence-corrected chi connectivity index (χ4v) is 2.55. The molecule has 3 heteroatoms. The maximum absolute atomic E-state index is 4.62. The summed E-state index contributed by atoms with van der Waals surface area (Å²) in [7, 11) is 0. The molecule has 3 nitrogen and oxygen atoms in total. The van der Waals surface area contributed by atoms with Crippen LogP contribution >= 0.6 is 0 Å². The summed E-state index contributed by atoms with van der Waals surface area (Å²) in [6, 6.07) is 4.31. The Morgan fingerprint density at radius 3 is 2.90 bits per heavy atom. The third-order valence-electron chi connectivity index (χ3n) is 4.09. The van der Waals surface area contributed by atoms with Gasteiger partial charge in [0.05, 0.1) is 0 Å². The molecule has 1 aromatic rings. The van der Waals surface area contributed by atoms with E-state index in [4.69, 9.17) is 0 Å². The number of pyridine rings is 1. The normalized spacial score (nSPS) is 19.5. The molecule has 1 N–H and O–H groups in total. The molecule has 1 aliphatic rings. The van der Waals surface area contributed by atoms with Gasteiger partial charge in [0.2, 0.25) is 0 Å². The summed E-state index contributed by atoms with van der Waals surface area (Å²) in [5, 5.41) is 3.31. The summed E-state index contributed by atoms with van der Waals surface area (Å²) >= 11 is 0. The molecule has 1 saturated heterocycles. The third-order valence-corrected chi connectivity index (χ3v) is 4.09. The second kappa shape index (κ2) is 7.30. The standard InChI is InChI=1S/C18H27N3/c1-14(2)16(4)10-19-11-17-7-8-18(20-12-17)21-9-5-6-15(3)13-21/h7-8,10,12,15,19H,1,5-6,9,11,13H2,2-4H3/b16-10+. The van der Waals surface area contributed by atoms with Crippen molar-refractivity contribution >= 4 is 5.82 Å². The topological polar surface area (TPSA) is 28.2 Å². The fraction of sp³-hybridized carbons (Fsp3) is 0.500. The Balaban J connectivity index is 1.90. The van der Waals surface area contributed by atoms with Gasteiger partial charge in [-0.25, -0.2) is 4.98 Å². The minimum absolute atomic E-state index is 0.775. The number of anilines is 1. The average molecular weight is 285 g/mol. The quantitative estimate of drug-likeness (QED) is 0.832. The highest BCUT2D eigenvalue weighted by molar-refractivity contribution is 5.39. The lowest BCUT2D eigenvalue weighted by molar-refractivity contribution is 0.444. The molecule has 1 unspecified atom stereocenters. The van der Waals surface area contributed by atoms with Crippen LogP contribution in [0.5, 0.6) is 0 Å². The molecule has 2 rings (SSSR count). The molecule has 0 aromatic carbocycles. The van der Waals surface area contributed by atoms with E-state index in [0.29, 0.717) is 0 Å². The predicted octanol–water partition coefficient (Wildman–Crippen LogP) is 3.89. The van der Waals surface area contributed by atoms with E-state index in [1.807, 2.05) is 19.3 Å². The minimum Gasteiger partial charge on any atom is -0.387 e. The number of nitrogens with one attached hydrogen (secondary N) is 1. The lowest BCUT2D eigenvalue weighted by Gasteiger charge is -2.31. The Bertz CT molecular complexity index is 502. The number of piperidine rings is 1. The van der Waals surface area contributed by atoms with Gasteiger partial charge in [0.15, 0.2) is 0 Å². The molecule has 2 heterocycles. The second-order valence-electron chi connectivity index (χ2n) is 6.21. The van der Waals surface area contributed by atoms with Gasteiger partial charge in [-0.2, -0.15) is 0 Å². The Morgan fingerprint density at radius 1 is 1.48 bits per heavy atom. The van der Waals surface area contributed by atoms with Crippen LogP contribution in [0.4, 0.5) is 5.82 Å². The van der Waals surface area contributed by atoms with Crippen molar-refractivity contribution in [2.45, 2.75) is 40.2 Å². The van der Waals surface area contributed by atoms with Gasteiger partial charge in [0.1, 0.15) is 5.82 Å². The van der Waals surface area contributed by atoms with Gasteiger partial charge in [0.25, 0.3) is 0 Å². The van der Waals surface area contributed by atoms with Gasteiger partial charge in [-0.1, -0.05) is 25.1 Å². The summed E-state index contributed by atoms with van der Waals surface area (Å²) in [4.78, 5) is 7.02.